The minimum Gasteiger partial charge on any atom is -0.399 e. The number of hydrogen-bond acceptors (Lipinski definition) is 8. The van der Waals surface area contributed by atoms with Crippen molar-refractivity contribution in [3.05, 3.63) is 12.4 Å². The Morgan fingerprint density at radius 1 is 1.20 bits per heavy atom. The van der Waals surface area contributed by atoms with Gasteiger partial charge in [0.1, 0.15) is 0 Å². The molecule has 0 saturated carbocycles. The molecule has 2 fully saturated rings. The maximum absolute atomic E-state index is 12.6. The molecular weight excluding hydrogens is 405 g/mol. The second-order valence-corrected chi connectivity index (χ2v) is 11.4. The molecule has 0 aromatic carbocycles. The fourth-order valence-corrected chi connectivity index (χ4v) is 5.13. The number of nitrogens with zero attached hydrogens (tertiary/aromatic N) is 3. The average Bonchev–Trinajstić information content (AvgIpc) is 2.90. The van der Waals surface area contributed by atoms with Crippen LogP contribution in [0.15, 0.2) is 17.6 Å². The van der Waals surface area contributed by atoms with E-state index in [9.17, 15) is 8.42 Å². The third-order valence-corrected chi connectivity index (χ3v) is 8.09. The lowest BCUT2D eigenvalue weighted by atomic mass is 9.81. The fraction of sp³-hybridized carbons (Fsp3) is 0.800. The van der Waals surface area contributed by atoms with Crippen LogP contribution in [0.1, 0.15) is 53.4 Å². The van der Waals surface area contributed by atoms with Crippen LogP contribution in [0.5, 0.6) is 0 Å². The van der Waals surface area contributed by atoms with Gasteiger partial charge in [0.2, 0.25) is 15.0 Å². The molecule has 0 radical (unpaired) electrons. The Bertz CT molecular complexity index is 798. The Morgan fingerprint density at radius 2 is 1.83 bits per heavy atom. The van der Waals surface area contributed by atoms with Gasteiger partial charge in [-0.25, -0.2) is 18.4 Å². The molecule has 8 nitrogen and oxygen atoms in total. The smallest absolute Gasteiger partial charge is 0.399 e. The van der Waals surface area contributed by atoms with Gasteiger partial charge in [0.25, 0.3) is 0 Å². The molecule has 1 aromatic rings. The number of sulfone groups is 1. The third-order valence-electron chi connectivity index (χ3n) is 6.50. The number of likely N-dealkylation sites (tertiary alicyclic amines) is 1. The van der Waals surface area contributed by atoms with Gasteiger partial charge < -0.3 is 19.3 Å². The Labute approximate surface area is 180 Å². The molecule has 2 saturated heterocycles. The largest absolute Gasteiger partial charge is 0.498 e. The lowest BCUT2D eigenvalue weighted by Gasteiger charge is -2.32. The maximum Gasteiger partial charge on any atom is 0.498 e. The van der Waals surface area contributed by atoms with E-state index in [2.05, 4.69) is 14.9 Å². The van der Waals surface area contributed by atoms with Crippen molar-refractivity contribution in [2.75, 3.05) is 32.0 Å². The van der Waals surface area contributed by atoms with Crippen LogP contribution in [-0.4, -0.2) is 78.7 Å². The summed E-state index contributed by atoms with van der Waals surface area (Å²) in [4.78, 5) is 10.4. The zero-order valence-corrected chi connectivity index (χ0v) is 19.3. The minimum atomic E-state index is -3.53. The number of rotatable bonds is 8. The van der Waals surface area contributed by atoms with Crippen molar-refractivity contribution in [1.82, 2.24) is 14.9 Å². The van der Waals surface area contributed by atoms with E-state index < -0.39 is 28.2 Å². The molecule has 3 rings (SSSR count). The molecule has 0 spiro atoms. The van der Waals surface area contributed by atoms with E-state index in [-0.39, 0.29) is 17.5 Å². The predicted molar refractivity (Wildman–Crippen MR) is 115 cm³/mol. The zero-order chi connectivity index (χ0) is 22.0. The maximum atomic E-state index is 12.6. The van der Waals surface area contributed by atoms with Gasteiger partial charge in [-0.3, -0.25) is 0 Å². The van der Waals surface area contributed by atoms with Crippen LogP contribution in [0.25, 0.3) is 0 Å². The van der Waals surface area contributed by atoms with Crippen LogP contribution in [-0.2, 0) is 19.1 Å². The molecule has 0 unspecified atom stereocenters. The zero-order valence-electron chi connectivity index (χ0n) is 18.5. The van der Waals surface area contributed by atoms with E-state index in [1.165, 1.54) is 12.4 Å². The van der Waals surface area contributed by atoms with Gasteiger partial charge in [-0.2, -0.15) is 0 Å². The van der Waals surface area contributed by atoms with E-state index in [1.807, 2.05) is 27.7 Å². The Morgan fingerprint density at radius 3 is 2.43 bits per heavy atom. The SMILES string of the molecule is CC1(C)OB(c2cnc(S(=O)(=O)CCC[C@H]3CCCN(CCO)C3)nc2)OC1(C)C. The lowest BCUT2D eigenvalue weighted by Crippen LogP contribution is -2.41. The summed E-state index contributed by atoms with van der Waals surface area (Å²) >= 11 is 0. The molecule has 0 bridgehead atoms. The van der Waals surface area contributed by atoms with Crippen LogP contribution >= 0.6 is 0 Å². The first-order valence-electron chi connectivity index (χ1n) is 10.8. The second kappa shape index (κ2) is 9.20. The average molecular weight is 439 g/mol. The van der Waals surface area contributed by atoms with Gasteiger partial charge in [0, 0.05) is 30.9 Å². The van der Waals surface area contributed by atoms with Gasteiger partial charge in [0.05, 0.1) is 23.6 Å². The fourth-order valence-electron chi connectivity index (χ4n) is 3.97. The summed E-state index contributed by atoms with van der Waals surface area (Å²) in [7, 11) is -4.14. The summed E-state index contributed by atoms with van der Waals surface area (Å²) in [6, 6.07) is 0. The standard InChI is InChI=1S/C20H34BN3O5S/c1-19(2)20(3,4)29-21(28-19)17-13-22-18(23-14-17)30(26,27)12-6-8-16-7-5-9-24(15-16)10-11-25/h13-14,16,25H,5-12,15H2,1-4H3/t16-/m1/s1. The van der Waals surface area contributed by atoms with Crippen LogP contribution in [0.3, 0.4) is 0 Å². The Balaban J connectivity index is 1.54. The number of aliphatic hydroxyl groups excluding tert-OH is 1. The topological polar surface area (TPSA) is 102 Å². The molecule has 1 N–H and O–H groups in total. The third kappa shape index (κ3) is 5.40. The predicted octanol–water partition coefficient (Wildman–Crippen LogP) is 1.03. The molecule has 1 aromatic heterocycles. The molecular formula is C20H34BN3O5S. The number of aromatic nitrogens is 2. The summed E-state index contributed by atoms with van der Waals surface area (Å²) < 4.78 is 37.2. The van der Waals surface area contributed by atoms with E-state index in [1.54, 1.807) is 0 Å². The highest BCUT2D eigenvalue weighted by Crippen LogP contribution is 2.36. The monoisotopic (exact) mass is 439 g/mol. The highest BCUT2D eigenvalue weighted by atomic mass is 32.2. The summed E-state index contributed by atoms with van der Waals surface area (Å²) in [6.07, 6.45) is 6.61. The van der Waals surface area contributed by atoms with Crippen molar-refractivity contribution < 1.29 is 22.8 Å². The van der Waals surface area contributed by atoms with Crippen LogP contribution in [0.2, 0.25) is 0 Å². The first-order valence-corrected chi connectivity index (χ1v) is 12.4. The summed E-state index contributed by atoms with van der Waals surface area (Å²) in [5.74, 6) is 0.520. The van der Waals surface area contributed by atoms with Crippen molar-refractivity contribution >= 4 is 22.4 Å². The minimum absolute atomic E-state index is 0.0410. The van der Waals surface area contributed by atoms with Crippen molar-refractivity contribution in [2.24, 2.45) is 5.92 Å². The lowest BCUT2D eigenvalue weighted by molar-refractivity contribution is 0.00578. The van der Waals surface area contributed by atoms with E-state index in [0.29, 0.717) is 24.3 Å². The summed E-state index contributed by atoms with van der Waals surface area (Å²) in [5, 5.41) is 8.96. The van der Waals surface area contributed by atoms with Gasteiger partial charge in [-0.05, 0) is 65.8 Å². The second-order valence-electron chi connectivity index (χ2n) is 9.38. The van der Waals surface area contributed by atoms with Crippen molar-refractivity contribution in [3.63, 3.8) is 0 Å². The van der Waals surface area contributed by atoms with Crippen LogP contribution in [0.4, 0.5) is 0 Å². The first kappa shape index (κ1) is 23.6. The molecule has 3 heterocycles. The van der Waals surface area contributed by atoms with Gasteiger partial charge in [-0.1, -0.05) is 0 Å². The van der Waals surface area contributed by atoms with Gasteiger partial charge in [-0.15, -0.1) is 0 Å². The molecule has 2 aliphatic heterocycles. The summed E-state index contributed by atoms with van der Waals surface area (Å²) in [6.45, 7) is 10.6. The van der Waals surface area contributed by atoms with E-state index in [0.717, 1.165) is 32.4 Å². The molecule has 168 valence electrons. The van der Waals surface area contributed by atoms with Gasteiger partial charge in [0.15, 0.2) is 0 Å². The normalized spacial score (nSPS) is 24.3. The summed E-state index contributed by atoms with van der Waals surface area (Å²) in [5.41, 5.74) is -0.346. The van der Waals surface area contributed by atoms with Crippen molar-refractivity contribution in [1.29, 1.82) is 0 Å². The molecule has 2 aliphatic rings. The number of hydrogen-bond donors (Lipinski definition) is 1. The number of β-amino-alcohol motifs (C(OH)–C–C–N with tert-alkyl or cyclic N) is 1. The van der Waals surface area contributed by atoms with E-state index in [4.69, 9.17) is 14.4 Å². The van der Waals surface area contributed by atoms with Crippen molar-refractivity contribution in [3.8, 4) is 0 Å². The Hall–Kier alpha value is -1.07. The van der Waals surface area contributed by atoms with Crippen LogP contribution in [0, 0.1) is 5.92 Å². The molecule has 30 heavy (non-hydrogen) atoms. The molecule has 0 aliphatic carbocycles. The van der Waals surface area contributed by atoms with Crippen LogP contribution < -0.4 is 5.46 Å². The molecule has 0 amide bonds. The highest BCUT2D eigenvalue weighted by molar-refractivity contribution is 7.91. The quantitative estimate of drug-likeness (QED) is 0.474. The Kier molecular flexibility index (Phi) is 7.24. The van der Waals surface area contributed by atoms with Gasteiger partial charge >= 0.3 is 7.12 Å². The number of piperidine rings is 1. The molecule has 10 heteroatoms. The highest BCUT2D eigenvalue weighted by Gasteiger charge is 2.52. The van der Waals surface area contributed by atoms with E-state index >= 15 is 0 Å². The number of aliphatic hydroxyl groups is 1. The molecule has 1 atom stereocenters. The first-order chi connectivity index (χ1) is 14.0. The van der Waals surface area contributed by atoms with Crippen molar-refractivity contribution in [2.45, 2.75) is 69.7 Å².